The van der Waals surface area contributed by atoms with E-state index in [2.05, 4.69) is 15.3 Å². The topological polar surface area (TPSA) is 115 Å². The minimum absolute atomic E-state index is 0.0619. The maximum absolute atomic E-state index is 16.1. The number of H-pyrrole nitrogens is 1. The second-order valence-corrected chi connectivity index (χ2v) is 11.2. The summed E-state index contributed by atoms with van der Waals surface area (Å²) in [5, 5.41) is 14.3. The number of carbonyl (C=O) groups excluding carboxylic acids is 2. The van der Waals surface area contributed by atoms with E-state index in [9.17, 15) is 32.7 Å². The Labute approximate surface area is 226 Å². The van der Waals surface area contributed by atoms with Crippen LogP contribution in [0.5, 0.6) is 0 Å². The average molecular weight is 561 g/mol. The van der Waals surface area contributed by atoms with Gasteiger partial charge < -0.3 is 10.1 Å². The van der Waals surface area contributed by atoms with E-state index in [4.69, 9.17) is 0 Å². The predicted octanol–water partition coefficient (Wildman–Crippen LogP) is 3.72. The molecule has 212 valence electrons. The quantitative estimate of drug-likeness (QED) is 0.331. The van der Waals surface area contributed by atoms with Gasteiger partial charge in [0.1, 0.15) is 11.5 Å². The monoisotopic (exact) mass is 560 g/mol. The summed E-state index contributed by atoms with van der Waals surface area (Å²) in [5.74, 6) is -2.13. The SMILES string of the molecule is CC1(C)CN(Cc2c[nH]c(C(F)(F)F)cc2=O)CCC1(O)c1ccc2ncc(C3CCC(=O)NC3=O)cc2c1F. The van der Waals surface area contributed by atoms with Gasteiger partial charge in [-0.15, -0.1) is 0 Å². The Morgan fingerprint density at radius 1 is 1.18 bits per heavy atom. The molecule has 0 spiro atoms. The van der Waals surface area contributed by atoms with E-state index < -0.39 is 46.0 Å². The molecule has 40 heavy (non-hydrogen) atoms. The zero-order valence-electron chi connectivity index (χ0n) is 21.9. The molecule has 3 aromatic rings. The number of benzene rings is 1. The maximum Gasteiger partial charge on any atom is 0.431 e. The Balaban J connectivity index is 1.41. The number of hydrogen-bond acceptors (Lipinski definition) is 6. The summed E-state index contributed by atoms with van der Waals surface area (Å²) in [7, 11) is 0. The van der Waals surface area contributed by atoms with Crippen LogP contribution >= 0.6 is 0 Å². The van der Waals surface area contributed by atoms with Gasteiger partial charge in [-0.2, -0.15) is 13.2 Å². The number of aromatic nitrogens is 2. The van der Waals surface area contributed by atoms with Gasteiger partial charge in [-0.3, -0.25) is 29.6 Å². The van der Waals surface area contributed by atoms with Gasteiger partial charge in [-0.25, -0.2) is 4.39 Å². The highest BCUT2D eigenvalue weighted by Gasteiger charge is 2.50. The molecule has 2 atom stereocenters. The number of imide groups is 1. The smallest absolute Gasteiger partial charge is 0.384 e. The summed E-state index contributed by atoms with van der Waals surface area (Å²) in [6.45, 7) is 4.07. The first-order valence-electron chi connectivity index (χ1n) is 12.9. The summed E-state index contributed by atoms with van der Waals surface area (Å²) in [6.07, 6.45) is -1.57. The second kappa shape index (κ2) is 9.77. The summed E-state index contributed by atoms with van der Waals surface area (Å²) in [4.78, 5) is 44.5. The molecule has 0 radical (unpaired) electrons. The number of rotatable bonds is 4. The van der Waals surface area contributed by atoms with E-state index in [1.54, 1.807) is 19.9 Å². The molecule has 2 saturated heterocycles. The third-order valence-corrected chi connectivity index (χ3v) is 8.13. The number of carbonyl (C=O) groups is 2. The fraction of sp³-hybridized carbons (Fsp3) is 0.429. The van der Waals surface area contributed by atoms with E-state index in [-0.39, 0.29) is 61.3 Å². The average Bonchev–Trinajstić information content (AvgIpc) is 2.87. The molecule has 8 nitrogen and oxygen atoms in total. The van der Waals surface area contributed by atoms with Gasteiger partial charge in [-0.1, -0.05) is 19.9 Å². The molecular formula is C28H28F4N4O4. The third-order valence-electron chi connectivity index (χ3n) is 8.13. The number of piperidine rings is 2. The first-order valence-corrected chi connectivity index (χ1v) is 12.9. The van der Waals surface area contributed by atoms with E-state index in [0.29, 0.717) is 17.1 Å². The van der Waals surface area contributed by atoms with Gasteiger partial charge in [0, 0.05) is 66.4 Å². The van der Waals surface area contributed by atoms with Gasteiger partial charge in [0.05, 0.1) is 17.0 Å². The van der Waals surface area contributed by atoms with Crippen molar-refractivity contribution in [2.24, 2.45) is 5.41 Å². The highest BCUT2D eigenvalue weighted by atomic mass is 19.4. The van der Waals surface area contributed by atoms with Gasteiger partial charge in [0.2, 0.25) is 11.8 Å². The summed E-state index contributed by atoms with van der Waals surface area (Å²) in [5.41, 5.74) is -3.38. The fourth-order valence-corrected chi connectivity index (χ4v) is 5.79. The molecule has 0 aliphatic carbocycles. The van der Waals surface area contributed by atoms with Gasteiger partial charge in [-0.05, 0) is 30.5 Å². The molecule has 2 amide bonds. The van der Waals surface area contributed by atoms with Crippen molar-refractivity contribution in [2.75, 3.05) is 13.1 Å². The number of amides is 2. The summed E-state index contributed by atoms with van der Waals surface area (Å²) < 4.78 is 54.8. The van der Waals surface area contributed by atoms with Crippen molar-refractivity contribution in [3.8, 4) is 0 Å². The van der Waals surface area contributed by atoms with Crippen LogP contribution < -0.4 is 10.7 Å². The number of nitrogens with one attached hydrogen (secondary N) is 2. The van der Waals surface area contributed by atoms with Crippen LogP contribution in [0.15, 0.2) is 41.5 Å². The lowest BCUT2D eigenvalue weighted by Gasteiger charge is -2.50. The number of aromatic amines is 1. The summed E-state index contributed by atoms with van der Waals surface area (Å²) in [6, 6.07) is 5.16. The number of pyridine rings is 2. The fourth-order valence-electron chi connectivity index (χ4n) is 5.79. The van der Waals surface area contributed by atoms with Crippen LogP contribution in [0.3, 0.4) is 0 Å². The van der Waals surface area contributed by atoms with Gasteiger partial charge in [0.15, 0.2) is 5.43 Å². The van der Waals surface area contributed by atoms with E-state index in [0.717, 1.165) is 6.20 Å². The van der Waals surface area contributed by atoms with E-state index >= 15 is 4.39 Å². The van der Waals surface area contributed by atoms with E-state index in [1.807, 2.05) is 4.90 Å². The number of alkyl halides is 3. The molecule has 2 aliphatic heterocycles. The number of likely N-dealkylation sites (tertiary alicyclic amines) is 1. The molecule has 4 heterocycles. The molecule has 3 N–H and O–H groups in total. The first-order chi connectivity index (χ1) is 18.7. The highest BCUT2D eigenvalue weighted by Crippen LogP contribution is 2.48. The Morgan fingerprint density at radius 3 is 2.58 bits per heavy atom. The second-order valence-electron chi connectivity index (χ2n) is 11.2. The normalized spacial score (nSPS) is 23.8. The van der Waals surface area contributed by atoms with Crippen LogP contribution in [-0.2, 0) is 27.9 Å². The molecule has 1 aromatic carbocycles. The molecular weight excluding hydrogens is 532 g/mol. The van der Waals surface area contributed by atoms with Crippen LogP contribution in [0, 0.1) is 11.2 Å². The molecule has 0 saturated carbocycles. The number of nitrogens with zero attached hydrogens (tertiary/aromatic N) is 2. The highest BCUT2D eigenvalue weighted by molar-refractivity contribution is 6.01. The predicted molar refractivity (Wildman–Crippen MR) is 136 cm³/mol. The third kappa shape index (κ3) is 4.90. The van der Waals surface area contributed by atoms with Gasteiger partial charge in [0.25, 0.3) is 0 Å². The molecule has 2 aliphatic rings. The lowest BCUT2D eigenvalue weighted by molar-refractivity contribution is -0.141. The molecule has 0 bridgehead atoms. The lowest BCUT2D eigenvalue weighted by atomic mass is 9.66. The Morgan fingerprint density at radius 2 is 1.93 bits per heavy atom. The Bertz CT molecular complexity index is 1570. The molecule has 2 aromatic heterocycles. The zero-order valence-corrected chi connectivity index (χ0v) is 21.9. The van der Waals surface area contributed by atoms with Crippen molar-refractivity contribution < 1.29 is 32.3 Å². The molecule has 2 fully saturated rings. The van der Waals surface area contributed by atoms with Crippen LogP contribution in [-0.4, -0.2) is 44.9 Å². The largest absolute Gasteiger partial charge is 0.431 e. The van der Waals surface area contributed by atoms with E-state index in [1.165, 1.54) is 18.3 Å². The Kier molecular flexibility index (Phi) is 6.82. The van der Waals surface area contributed by atoms with Crippen molar-refractivity contribution in [1.29, 1.82) is 0 Å². The Hall–Kier alpha value is -3.64. The van der Waals surface area contributed by atoms with Crippen molar-refractivity contribution in [3.05, 3.63) is 75.1 Å². The standard InChI is InChI=1S/C28H28F4N4O4/c1-26(2)14-36(13-16-12-34-22(10-21(16)37)28(30,31)32)8-7-27(26,40)19-4-5-20-18(24(19)29)9-15(11-33-20)17-3-6-23(38)35-25(17)39/h4-5,9-12,17,40H,3,6-8,13-14H2,1-2H3,(H,34,37)(H,35,38,39). The van der Waals surface area contributed by atoms with Crippen molar-refractivity contribution in [3.63, 3.8) is 0 Å². The van der Waals surface area contributed by atoms with Crippen LogP contribution in [0.25, 0.3) is 10.9 Å². The minimum atomic E-state index is -4.66. The molecule has 12 heteroatoms. The number of hydrogen-bond donors (Lipinski definition) is 3. The van der Waals surface area contributed by atoms with Crippen LogP contribution in [0.1, 0.15) is 61.4 Å². The first kappa shape index (κ1) is 27.9. The molecule has 2 unspecified atom stereocenters. The number of aliphatic hydroxyl groups is 1. The zero-order chi connectivity index (χ0) is 29.0. The van der Waals surface area contributed by atoms with Gasteiger partial charge >= 0.3 is 6.18 Å². The molecule has 5 rings (SSSR count). The van der Waals surface area contributed by atoms with Crippen LogP contribution in [0.4, 0.5) is 17.6 Å². The maximum atomic E-state index is 16.1. The summed E-state index contributed by atoms with van der Waals surface area (Å²) >= 11 is 0. The van der Waals surface area contributed by atoms with Crippen molar-refractivity contribution >= 4 is 22.7 Å². The lowest BCUT2D eigenvalue weighted by Crippen LogP contribution is -2.55. The minimum Gasteiger partial charge on any atom is -0.384 e. The van der Waals surface area contributed by atoms with Crippen molar-refractivity contribution in [1.82, 2.24) is 20.2 Å². The van der Waals surface area contributed by atoms with Crippen molar-refractivity contribution in [2.45, 2.75) is 57.3 Å². The number of fused-ring (bicyclic) bond motifs is 1. The number of halogens is 4. The van der Waals surface area contributed by atoms with Crippen LogP contribution in [0.2, 0.25) is 0 Å².